The van der Waals surface area contributed by atoms with Crippen molar-refractivity contribution in [1.82, 2.24) is 9.97 Å². The molecule has 2 N–H and O–H groups in total. The van der Waals surface area contributed by atoms with E-state index < -0.39 is 0 Å². The summed E-state index contributed by atoms with van der Waals surface area (Å²) in [6.07, 6.45) is 3.17. The van der Waals surface area contributed by atoms with E-state index in [2.05, 4.69) is 9.97 Å². The molecule has 4 nitrogen and oxygen atoms in total. The molecular formula is C15H12FN3O. The van der Waals surface area contributed by atoms with Crippen molar-refractivity contribution in [1.29, 1.82) is 0 Å². The molecule has 0 saturated heterocycles. The highest BCUT2D eigenvalue weighted by Crippen LogP contribution is 2.27. The van der Waals surface area contributed by atoms with Crippen LogP contribution in [0.25, 0.3) is 10.9 Å². The summed E-state index contributed by atoms with van der Waals surface area (Å²) in [4.78, 5) is 8.09. The molecule has 0 atom stereocenters. The third-order valence-electron chi connectivity index (χ3n) is 2.94. The van der Waals surface area contributed by atoms with Gasteiger partial charge in [0.25, 0.3) is 0 Å². The molecule has 0 aliphatic carbocycles. The van der Waals surface area contributed by atoms with Gasteiger partial charge in [-0.1, -0.05) is 12.1 Å². The van der Waals surface area contributed by atoms with Crippen LogP contribution in [0.4, 0.5) is 10.1 Å². The van der Waals surface area contributed by atoms with E-state index in [1.165, 1.54) is 18.5 Å². The van der Waals surface area contributed by atoms with Gasteiger partial charge in [0.05, 0.1) is 11.2 Å². The summed E-state index contributed by atoms with van der Waals surface area (Å²) in [7, 11) is 0. The van der Waals surface area contributed by atoms with Crippen LogP contribution in [0, 0.1) is 5.82 Å². The van der Waals surface area contributed by atoms with Gasteiger partial charge in [0.15, 0.2) is 0 Å². The maximum Gasteiger partial charge on any atom is 0.143 e. The molecule has 0 spiro atoms. The lowest BCUT2D eigenvalue weighted by Crippen LogP contribution is -1.99. The number of benzene rings is 2. The second-order valence-corrected chi connectivity index (χ2v) is 4.39. The van der Waals surface area contributed by atoms with E-state index in [0.717, 1.165) is 16.5 Å². The summed E-state index contributed by atoms with van der Waals surface area (Å²) in [6, 6.07) is 9.70. The normalized spacial score (nSPS) is 10.7. The van der Waals surface area contributed by atoms with Crippen LogP contribution in [-0.4, -0.2) is 9.97 Å². The van der Waals surface area contributed by atoms with Gasteiger partial charge < -0.3 is 10.5 Å². The number of anilines is 1. The Morgan fingerprint density at radius 3 is 2.75 bits per heavy atom. The number of rotatable bonds is 3. The van der Waals surface area contributed by atoms with E-state index in [9.17, 15) is 4.39 Å². The summed E-state index contributed by atoms with van der Waals surface area (Å²) in [5.41, 5.74) is 8.08. The van der Waals surface area contributed by atoms with E-state index in [4.69, 9.17) is 10.5 Å². The van der Waals surface area contributed by atoms with E-state index in [-0.39, 0.29) is 5.82 Å². The third kappa shape index (κ3) is 2.51. The second kappa shape index (κ2) is 5.13. The molecule has 1 aromatic heterocycles. The van der Waals surface area contributed by atoms with Gasteiger partial charge in [-0.2, -0.15) is 0 Å². The number of hydrogen-bond acceptors (Lipinski definition) is 4. The lowest BCUT2D eigenvalue weighted by Gasteiger charge is -2.10. The highest BCUT2D eigenvalue weighted by Gasteiger charge is 2.05. The molecule has 5 heteroatoms. The molecule has 0 unspecified atom stereocenters. The predicted octanol–water partition coefficient (Wildman–Crippen LogP) is 2.93. The molecule has 0 amide bonds. The Bertz CT molecular complexity index is 744. The van der Waals surface area contributed by atoms with Gasteiger partial charge in [-0.05, 0) is 29.8 Å². The molecule has 100 valence electrons. The molecular weight excluding hydrogens is 257 g/mol. The standard InChI is InChI=1S/C15H12FN3O/c16-12-3-1-10(2-4-12)8-20-15-5-11-7-18-9-19-14(11)6-13(15)17/h1-7,9H,8,17H2. The Labute approximate surface area is 115 Å². The van der Waals surface area contributed by atoms with Crippen molar-refractivity contribution in [3.05, 3.63) is 60.3 Å². The molecule has 3 rings (SSSR count). The van der Waals surface area contributed by atoms with Crippen LogP contribution in [0.5, 0.6) is 5.75 Å². The van der Waals surface area contributed by atoms with Gasteiger partial charge in [-0.25, -0.2) is 14.4 Å². The predicted molar refractivity (Wildman–Crippen MR) is 74.7 cm³/mol. The first kappa shape index (κ1) is 12.3. The molecule has 0 fully saturated rings. The number of ether oxygens (including phenoxy) is 1. The molecule has 0 bridgehead atoms. The Hall–Kier alpha value is -2.69. The van der Waals surface area contributed by atoms with Crippen LogP contribution < -0.4 is 10.5 Å². The number of halogens is 1. The van der Waals surface area contributed by atoms with Gasteiger partial charge >= 0.3 is 0 Å². The molecule has 1 heterocycles. The molecule has 0 aliphatic rings. The highest BCUT2D eigenvalue weighted by atomic mass is 19.1. The van der Waals surface area contributed by atoms with Crippen molar-refractivity contribution in [2.45, 2.75) is 6.61 Å². The smallest absolute Gasteiger partial charge is 0.143 e. The van der Waals surface area contributed by atoms with Crippen molar-refractivity contribution in [2.24, 2.45) is 0 Å². The third-order valence-corrected chi connectivity index (χ3v) is 2.94. The maximum absolute atomic E-state index is 12.8. The van der Waals surface area contributed by atoms with Crippen LogP contribution in [0.3, 0.4) is 0 Å². The minimum atomic E-state index is -0.267. The minimum Gasteiger partial charge on any atom is -0.487 e. The first-order valence-electron chi connectivity index (χ1n) is 6.09. The average Bonchev–Trinajstić information content (AvgIpc) is 2.47. The fourth-order valence-corrected chi connectivity index (χ4v) is 1.89. The van der Waals surface area contributed by atoms with E-state index >= 15 is 0 Å². The van der Waals surface area contributed by atoms with E-state index in [1.54, 1.807) is 30.5 Å². The number of hydrogen-bond donors (Lipinski definition) is 1. The largest absolute Gasteiger partial charge is 0.487 e. The van der Waals surface area contributed by atoms with Crippen molar-refractivity contribution in [3.63, 3.8) is 0 Å². The Balaban J connectivity index is 1.83. The quantitative estimate of drug-likeness (QED) is 0.743. The fourth-order valence-electron chi connectivity index (χ4n) is 1.89. The number of fused-ring (bicyclic) bond motifs is 1. The number of nitrogen functional groups attached to an aromatic ring is 1. The topological polar surface area (TPSA) is 61.0 Å². The summed E-state index contributed by atoms with van der Waals surface area (Å²) < 4.78 is 18.5. The summed E-state index contributed by atoms with van der Waals surface area (Å²) >= 11 is 0. The average molecular weight is 269 g/mol. The first-order chi connectivity index (χ1) is 9.72. The van der Waals surface area contributed by atoms with Gasteiger partial charge in [0, 0.05) is 11.6 Å². The number of aromatic nitrogens is 2. The van der Waals surface area contributed by atoms with Crippen molar-refractivity contribution in [3.8, 4) is 5.75 Å². The molecule has 20 heavy (non-hydrogen) atoms. The van der Waals surface area contributed by atoms with Crippen molar-refractivity contribution in [2.75, 3.05) is 5.73 Å². The lowest BCUT2D eigenvalue weighted by molar-refractivity contribution is 0.308. The monoisotopic (exact) mass is 269 g/mol. The van der Waals surface area contributed by atoms with Gasteiger partial charge in [0.1, 0.15) is 24.5 Å². The minimum absolute atomic E-state index is 0.267. The Morgan fingerprint density at radius 2 is 1.95 bits per heavy atom. The number of nitrogens with two attached hydrogens (primary N) is 1. The zero-order valence-corrected chi connectivity index (χ0v) is 10.6. The number of nitrogens with zero attached hydrogens (tertiary/aromatic N) is 2. The first-order valence-corrected chi connectivity index (χ1v) is 6.09. The van der Waals surface area contributed by atoms with Crippen molar-refractivity contribution >= 4 is 16.6 Å². The molecule has 0 saturated carbocycles. The zero-order chi connectivity index (χ0) is 13.9. The summed E-state index contributed by atoms with van der Waals surface area (Å²) in [6.45, 7) is 0.323. The van der Waals surface area contributed by atoms with Gasteiger partial charge in [-0.3, -0.25) is 0 Å². The summed E-state index contributed by atoms with van der Waals surface area (Å²) in [5.74, 6) is 0.299. The molecule has 0 radical (unpaired) electrons. The van der Waals surface area contributed by atoms with Crippen LogP contribution >= 0.6 is 0 Å². The van der Waals surface area contributed by atoms with Crippen LogP contribution in [-0.2, 0) is 6.61 Å². The summed E-state index contributed by atoms with van der Waals surface area (Å²) in [5, 5.41) is 0.857. The molecule has 3 aromatic rings. The highest BCUT2D eigenvalue weighted by molar-refractivity contribution is 5.84. The van der Waals surface area contributed by atoms with Gasteiger partial charge in [-0.15, -0.1) is 0 Å². The second-order valence-electron chi connectivity index (χ2n) is 4.39. The Morgan fingerprint density at radius 1 is 1.15 bits per heavy atom. The maximum atomic E-state index is 12.8. The van der Waals surface area contributed by atoms with Crippen molar-refractivity contribution < 1.29 is 9.13 Å². The fraction of sp³-hybridized carbons (Fsp3) is 0.0667. The molecule has 0 aliphatic heterocycles. The lowest BCUT2D eigenvalue weighted by atomic mass is 10.2. The van der Waals surface area contributed by atoms with Crippen LogP contribution in [0.2, 0.25) is 0 Å². The SMILES string of the molecule is Nc1cc2ncncc2cc1OCc1ccc(F)cc1. The van der Waals surface area contributed by atoms with E-state index in [1.807, 2.05) is 0 Å². The molecule has 2 aromatic carbocycles. The zero-order valence-electron chi connectivity index (χ0n) is 10.6. The van der Waals surface area contributed by atoms with E-state index in [0.29, 0.717) is 18.0 Å². The van der Waals surface area contributed by atoms with Crippen LogP contribution in [0.15, 0.2) is 48.9 Å². The van der Waals surface area contributed by atoms with Gasteiger partial charge in [0.2, 0.25) is 0 Å². The Kier molecular flexibility index (Phi) is 3.16. The van der Waals surface area contributed by atoms with Crippen LogP contribution in [0.1, 0.15) is 5.56 Å².